The number of rotatable bonds is 3. The van der Waals surface area contributed by atoms with E-state index in [1.165, 1.54) is 16.7 Å². The van der Waals surface area contributed by atoms with E-state index >= 15 is 0 Å². The zero-order valence-electron chi connectivity index (χ0n) is 9.59. The molecule has 1 aromatic rings. The van der Waals surface area contributed by atoms with E-state index in [2.05, 4.69) is 32.7 Å². The minimum Gasteiger partial charge on any atom is -0.326 e. The molecule has 78 valence electrons. The number of pyridine rings is 1. The van der Waals surface area contributed by atoms with E-state index in [1.54, 1.807) is 0 Å². The van der Waals surface area contributed by atoms with Gasteiger partial charge in [-0.05, 0) is 42.9 Å². The van der Waals surface area contributed by atoms with Gasteiger partial charge in [-0.3, -0.25) is 4.98 Å². The number of hydrogen-bond acceptors (Lipinski definition) is 2. The number of nitrogens with two attached hydrogens (primary N) is 1. The molecule has 2 nitrogen and oxygen atoms in total. The Balaban J connectivity index is 3.11. The summed E-state index contributed by atoms with van der Waals surface area (Å²) in [6.45, 7) is 9.27. The minimum atomic E-state index is 0.588. The molecule has 0 aliphatic rings. The molecule has 2 heteroatoms. The molecule has 0 aromatic carbocycles. The van der Waals surface area contributed by atoms with E-state index in [1.807, 2.05) is 6.20 Å². The zero-order chi connectivity index (χ0) is 10.7. The molecule has 0 amide bonds. The molecule has 0 saturated carbocycles. The van der Waals surface area contributed by atoms with Crippen LogP contribution in [-0.2, 0) is 13.0 Å². The Kier molecular flexibility index (Phi) is 3.64. The Morgan fingerprint density at radius 3 is 2.50 bits per heavy atom. The predicted octanol–water partition coefficient (Wildman–Crippen LogP) is 2.36. The van der Waals surface area contributed by atoms with Crippen LogP contribution in [0.4, 0.5) is 0 Å². The van der Waals surface area contributed by atoms with Gasteiger partial charge in [0.2, 0.25) is 0 Å². The van der Waals surface area contributed by atoms with E-state index in [9.17, 15) is 0 Å². The third kappa shape index (κ3) is 2.32. The Hall–Kier alpha value is -0.890. The first-order chi connectivity index (χ1) is 6.56. The first-order valence-corrected chi connectivity index (χ1v) is 5.20. The van der Waals surface area contributed by atoms with Gasteiger partial charge in [0.25, 0.3) is 0 Å². The lowest BCUT2D eigenvalue weighted by atomic mass is 9.95. The topological polar surface area (TPSA) is 38.9 Å². The summed E-state index contributed by atoms with van der Waals surface area (Å²) in [7, 11) is 0. The lowest BCUT2D eigenvalue weighted by molar-refractivity contribution is 0.638. The smallest absolute Gasteiger partial charge is 0.0407 e. The van der Waals surface area contributed by atoms with Crippen molar-refractivity contribution in [2.24, 2.45) is 11.7 Å². The number of aromatic nitrogens is 1. The van der Waals surface area contributed by atoms with Gasteiger partial charge in [-0.1, -0.05) is 13.8 Å². The van der Waals surface area contributed by atoms with E-state index < -0.39 is 0 Å². The Labute approximate surface area is 86.5 Å². The van der Waals surface area contributed by atoms with Gasteiger partial charge in [-0.25, -0.2) is 0 Å². The van der Waals surface area contributed by atoms with Crippen LogP contribution in [-0.4, -0.2) is 4.98 Å². The van der Waals surface area contributed by atoms with Crippen molar-refractivity contribution in [1.82, 2.24) is 4.98 Å². The van der Waals surface area contributed by atoms with Gasteiger partial charge in [0.1, 0.15) is 0 Å². The Morgan fingerprint density at radius 1 is 1.36 bits per heavy atom. The van der Waals surface area contributed by atoms with Gasteiger partial charge >= 0.3 is 0 Å². The maximum absolute atomic E-state index is 5.66. The SMILES string of the molecule is Cc1ncc(CN)c(C)c1CC(C)C. The molecule has 0 atom stereocenters. The molecule has 2 N–H and O–H groups in total. The normalized spacial score (nSPS) is 11.0. The summed E-state index contributed by atoms with van der Waals surface area (Å²) in [5.74, 6) is 0.669. The molecule has 14 heavy (non-hydrogen) atoms. The van der Waals surface area contributed by atoms with Crippen molar-refractivity contribution in [3.05, 3.63) is 28.6 Å². The van der Waals surface area contributed by atoms with E-state index in [0.717, 1.165) is 12.1 Å². The van der Waals surface area contributed by atoms with Gasteiger partial charge in [-0.2, -0.15) is 0 Å². The fourth-order valence-corrected chi connectivity index (χ4v) is 1.73. The summed E-state index contributed by atoms with van der Waals surface area (Å²) in [6.07, 6.45) is 2.99. The highest BCUT2D eigenvalue weighted by Gasteiger charge is 2.09. The molecule has 1 aromatic heterocycles. The van der Waals surface area contributed by atoms with Gasteiger partial charge in [-0.15, -0.1) is 0 Å². The molecule has 0 radical (unpaired) electrons. The first-order valence-electron chi connectivity index (χ1n) is 5.20. The minimum absolute atomic E-state index is 0.588. The van der Waals surface area contributed by atoms with Crippen LogP contribution in [0.2, 0.25) is 0 Å². The molecule has 0 bridgehead atoms. The molecule has 0 aliphatic carbocycles. The van der Waals surface area contributed by atoms with Crippen molar-refractivity contribution < 1.29 is 0 Å². The second-order valence-electron chi connectivity index (χ2n) is 4.27. The average Bonchev–Trinajstić information content (AvgIpc) is 2.12. The highest BCUT2D eigenvalue weighted by molar-refractivity contribution is 5.35. The van der Waals surface area contributed by atoms with Crippen molar-refractivity contribution in [1.29, 1.82) is 0 Å². The van der Waals surface area contributed by atoms with Crippen molar-refractivity contribution in [3.63, 3.8) is 0 Å². The maximum Gasteiger partial charge on any atom is 0.0407 e. The van der Waals surface area contributed by atoms with Crippen LogP contribution in [0.3, 0.4) is 0 Å². The summed E-state index contributed by atoms with van der Waals surface area (Å²) in [5.41, 5.74) is 10.7. The summed E-state index contributed by atoms with van der Waals surface area (Å²) in [6, 6.07) is 0. The van der Waals surface area contributed by atoms with Crippen molar-refractivity contribution in [2.45, 2.75) is 40.7 Å². The van der Waals surface area contributed by atoms with Crippen LogP contribution < -0.4 is 5.73 Å². The molecule has 0 aliphatic heterocycles. The second kappa shape index (κ2) is 4.56. The Bertz CT molecular complexity index is 316. The van der Waals surface area contributed by atoms with Gasteiger partial charge in [0.15, 0.2) is 0 Å². The summed E-state index contributed by atoms with van der Waals surface area (Å²) in [4.78, 5) is 4.38. The van der Waals surface area contributed by atoms with E-state index in [-0.39, 0.29) is 0 Å². The largest absolute Gasteiger partial charge is 0.326 e. The second-order valence-corrected chi connectivity index (χ2v) is 4.27. The molecule has 1 rings (SSSR count). The van der Waals surface area contributed by atoms with Crippen LogP contribution in [0.25, 0.3) is 0 Å². The van der Waals surface area contributed by atoms with E-state index in [4.69, 9.17) is 5.73 Å². The van der Waals surface area contributed by atoms with E-state index in [0.29, 0.717) is 12.5 Å². The number of aryl methyl sites for hydroxylation is 1. The van der Waals surface area contributed by atoms with Crippen molar-refractivity contribution >= 4 is 0 Å². The van der Waals surface area contributed by atoms with Crippen LogP contribution in [0.15, 0.2) is 6.20 Å². The highest BCUT2D eigenvalue weighted by atomic mass is 14.7. The van der Waals surface area contributed by atoms with Crippen LogP contribution in [0.5, 0.6) is 0 Å². The monoisotopic (exact) mass is 192 g/mol. The Morgan fingerprint density at radius 2 is 2.00 bits per heavy atom. The third-order valence-corrected chi connectivity index (χ3v) is 2.62. The molecule has 1 heterocycles. The molecular weight excluding hydrogens is 172 g/mol. The molecule has 0 fully saturated rings. The molecule has 0 unspecified atom stereocenters. The first kappa shape index (κ1) is 11.2. The summed E-state index contributed by atoms with van der Waals surface area (Å²) in [5, 5.41) is 0. The molecule has 0 spiro atoms. The van der Waals surface area contributed by atoms with Crippen LogP contribution >= 0.6 is 0 Å². The van der Waals surface area contributed by atoms with Crippen molar-refractivity contribution in [2.75, 3.05) is 0 Å². The van der Waals surface area contributed by atoms with Crippen LogP contribution in [0.1, 0.15) is 36.2 Å². The lowest BCUT2D eigenvalue weighted by Crippen LogP contribution is -2.07. The fraction of sp³-hybridized carbons (Fsp3) is 0.583. The maximum atomic E-state index is 5.66. The highest BCUT2D eigenvalue weighted by Crippen LogP contribution is 2.19. The van der Waals surface area contributed by atoms with Crippen LogP contribution in [0, 0.1) is 19.8 Å². The molecular formula is C12H20N2. The van der Waals surface area contributed by atoms with Gasteiger partial charge < -0.3 is 5.73 Å². The third-order valence-electron chi connectivity index (χ3n) is 2.62. The zero-order valence-corrected chi connectivity index (χ0v) is 9.59. The number of nitrogens with zero attached hydrogens (tertiary/aromatic N) is 1. The average molecular weight is 192 g/mol. The van der Waals surface area contributed by atoms with Gasteiger partial charge in [0, 0.05) is 18.4 Å². The molecule has 0 saturated heterocycles. The fourth-order valence-electron chi connectivity index (χ4n) is 1.73. The summed E-state index contributed by atoms with van der Waals surface area (Å²) < 4.78 is 0. The van der Waals surface area contributed by atoms with Gasteiger partial charge in [0.05, 0.1) is 0 Å². The summed E-state index contributed by atoms with van der Waals surface area (Å²) >= 11 is 0. The lowest BCUT2D eigenvalue weighted by Gasteiger charge is -2.14. The quantitative estimate of drug-likeness (QED) is 0.798. The standard InChI is InChI=1S/C12H20N2/c1-8(2)5-12-9(3)11(6-13)7-14-10(12)4/h7-8H,5-6,13H2,1-4H3. The predicted molar refractivity (Wildman–Crippen MR) is 60.1 cm³/mol. The number of hydrogen-bond donors (Lipinski definition) is 1. The van der Waals surface area contributed by atoms with Crippen molar-refractivity contribution in [3.8, 4) is 0 Å².